The number of fused-ring (bicyclic) bond motifs is 1. The van der Waals surface area contributed by atoms with E-state index in [9.17, 15) is 4.79 Å². The molecule has 3 atom stereocenters. The van der Waals surface area contributed by atoms with Crippen molar-refractivity contribution in [1.29, 1.82) is 0 Å². The van der Waals surface area contributed by atoms with Gasteiger partial charge in [0.05, 0.1) is 0 Å². The third-order valence-electron chi connectivity index (χ3n) is 5.01. The lowest BCUT2D eigenvalue weighted by molar-refractivity contribution is -0.133. The second-order valence-electron chi connectivity index (χ2n) is 6.66. The minimum atomic E-state index is 0.191. The maximum absolute atomic E-state index is 12.7. The van der Waals surface area contributed by atoms with Crippen LogP contribution in [0.4, 0.5) is 0 Å². The number of carbonyl (C=O) groups excluding carboxylic acids is 1. The number of nitrogens with zero attached hydrogens (tertiary/aromatic N) is 1. The first-order valence-corrected chi connectivity index (χ1v) is 8.24. The number of benzene rings is 2. The molecule has 1 N–H and O–H groups in total. The Balaban J connectivity index is 1.55. The molecule has 1 aliphatic heterocycles. The van der Waals surface area contributed by atoms with Crippen LogP contribution in [0.1, 0.15) is 24.8 Å². The minimum absolute atomic E-state index is 0.191. The van der Waals surface area contributed by atoms with Gasteiger partial charge in [-0.1, -0.05) is 42.5 Å². The lowest BCUT2D eigenvalue weighted by Gasteiger charge is -2.32. The molecular formula is C19H22N2O. The highest BCUT2D eigenvalue weighted by atomic mass is 16.2. The van der Waals surface area contributed by atoms with Crippen molar-refractivity contribution < 1.29 is 4.79 Å². The quantitative estimate of drug-likeness (QED) is 0.923. The van der Waals surface area contributed by atoms with Crippen molar-refractivity contribution in [3.8, 4) is 0 Å². The zero-order chi connectivity index (χ0) is 15.1. The van der Waals surface area contributed by atoms with E-state index >= 15 is 0 Å². The topological polar surface area (TPSA) is 32.3 Å². The Hall–Kier alpha value is -1.87. The standard InChI is InChI=1S/C19H22N2O/c1-13-12-21(10-9-20-13)19(22)18-11-17(18)16-8-4-6-14-5-2-3-7-15(14)16/h2-8,13,17-18,20H,9-12H2,1H3. The second kappa shape index (κ2) is 5.40. The van der Waals surface area contributed by atoms with Crippen LogP contribution < -0.4 is 5.32 Å². The van der Waals surface area contributed by atoms with Crippen molar-refractivity contribution in [2.45, 2.75) is 25.3 Å². The summed E-state index contributed by atoms with van der Waals surface area (Å²) in [6, 6.07) is 15.4. The van der Waals surface area contributed by atoms with E-state index in [1.165, 1.54) is 16.3 Å². The van der Waals surface area contributed by atoms with Crippen LogP contribution >= 0.6 is 0 Å². The fourth-order valence-electron chi connectivity index (χ4n) is 3.75. The van der Waals surface area contributed by atoms with Crippen LogP contribution in [-0.2, 0) is 4.79 Å². The third-order valence-corrected chi connectivity index (χ3v) is 5.01. The largest absolute Gasteiger partial charge is 0.340 e. The van der Waals surface area contributed by atoms with E-state index in [0.717, 1.165) is 26.1 Å². The van der Waals surface area contributed by atoms with Gasteiger partial charge in [0, 0.05) is 31.6 Å². The van der Waals surface area contributed by atoms with E-state index < -0.39 is 0 Å². The van der Waals surface area contributed by atoms with Gasteiger partial charge in [-0.3, -0.25) is 4.79 Å². The Kier molecular flexibility index (Phi) is 3.38. The van der Waals surface area contributed by atoms with Crippen LogP contribution in [0.15, 0.2) is 42.5 Å². The molecule has 114 valence electrons. The molecule has 0 bridgehead atoms. The van der Waals surface area contributed by atoms with Gasteiger partial charge >= 0.3 is 0 Å². The van der Waals surface area contributed by atoms with E-state index in [1.54, 1.807) is 0 Å². The molecule has 2 aliphatic rings. The Morgan fingerprint density at radius 1 is 1.18 bits per heavy atom. The number of carbonyl (C=O) groups is 1. The SMILES string of the molecule is CC1CN(C(=O)C2CC2c2cccc3ccccc23)CCN1. The minimum Gasteiger partial charge on any atom is -0.340 e. The Bertz CT molecular complexity index is 706. The van der Waals surface area contributed by atoms with Crippen molar-refractivity contribution in [3.05, 3.63) is 48.0 Å². The number of amides is 1. The lowest BCUT2D eigenvalue weighted by Crippen LogP contribution is -2.51. The summed E-state index contributed by atoms with van der Waals surface area (Å²) < 4.78 is 0. The predicted octanol–water partition coefficient (Wildman–Crippen LogP) is 2.76. The molecule has 2 aromatic carbocycles. The number of hydrogen-bond acceptors (Lipinski definition) is 2. The summed E-state index contributed by atoms with van der Waals surface area (Å²) in [6.45, 7) is 4.76. The summed E-state index contributed by atoms with van der Waals surface area (Å²) in [5, 5.41) is 5.98. The summed E-state index contributed by atoms with van der Waals surface area (Å²) in [4.78, 5) is 14.8. The van der Waals surface area contributed by atoms with Crippen LogP contribution in [0.5, 0.6) is 0 Å². The molecule has 0 radical (unpaired) electrons. The molecule has 1 amide bonds. The van der Waals surface area contributed by atoms with Crippen LogP contribution in [-0.4, -0.2) is 36.5 Å². The van der Waals surface area contributed by atoms with E-state index in [0.29, 0.717) is 17.9 Å². The molecule has 0 aromatic heterocycles. The third kappa shape index (κ3) is 2.40. The maximum Gasteiger partial charge on any atom is 0.226 e. The monoisotopic (exact) mass is 294 g/mol. The molecule has 1 saturated heterocycles. The summed E-state index contributed by atoms with van der Waals surface area (Å²) in [5.74, 6) is 0.950. The van der Waals surface area contributed by atoms with Crippen molar-refractivity contribution >= 4 is 16.7 Å². The van der Waals surface area contributed by atoms with Crippen LogP contribution in [0.2, 0.25) is 0 Å². The van der Waals surface area contributed by atoms with E-state index in [2.05, 4.69) is 59.6 Å². The molecule has 3 unspecified atom stereocenters. The van der Waals surface area contributed by atoms with Crippen molar-refractivity contribution in [3.63, 3.8) is 0 Å². The average molecular weight is 294 g/mol. The molecular weight excluding hydrogens is 272 g/mol. The smallest absolute Gasteiger partial charge is 0.226 e. The van der Waals surface area contributed by atoms with Gasteiger partial charge in [0.15, 0.2) is 0 Å². The maximum atomic E-state index is 12.7. The molecule has 0 spiro atoms. The Morgan fingerprint density at radius 3 is 2.86 bits per heavy atom. The number of nitrogens with one attached hydrogen (secondary N) is 1. The Morgan fingerprint density at radius 2 is 2.00 bits per heavy atom. The first-order chi connectivity index (χ1) is 10.7. The van der Waals surface area contributed by atoms with Crippen LogP contribution in [0.25, 0.3) is 10.8 Å². The molecule has 22 heavy (non-hydrogen) atoms. The van der Waals surface area contributed by atoms with E-state index in [4.69, 9.17) is 0 Å². The van der Waals surface area contributed by atoms with Crippen LogP contribution in [0.3, 0.4) is 0 Å². The number of hydrogen-bond donors (Lipinski definition) is 1. The molecule has 4 rings (SSSR count). The summed E-state index contributed by atoms with van der Waals surface area (Å²) in [7, 11) is 0. The number of rotatable bonds is 2. The van der Waals surface area contributed by atoms with Gasteiger partial charge in [0.1, 0.15) is 0 Å². The summed E-state index contributed by atoms with van der Waals surface area (Å²) in [6.07, 6.45) is 1.01. The molecule has 2 fully saturated rings. The molecule has 2 aromatic rings. The van der Waals surface area contributed by atoms with Crippen LogP contribution in [0, 0.1) is 5.92 Å². The van der Waals surface area contributed by atoms with Gasteiger partial charge in [0.2, 0.25) is 5.91 Å². The molecule has 3 heteroatoms. The van der Waals surface area contributed by atoms with Crippen molar-refractivity contribution in [1.82, 2.24) is 10.2 Å². The lowest BCUT2D eigenvalue weighted by atomic mass is 10.00. The van der Waals surface area contributed by atoms with Gasteiger partial charge in [-0.05, 0) is 35.6 Å². The molecule has 1 heterocycles. The van der Waals surface area contributed by atoms with Gasteiger partial charge in [-0.15, -0.1) is 0 Å². The van der Waals surface area contributed by atoms with E-state index in [1.807, 2.05) is 0 Å². The predicted molar refractivity (Wildman–Crippen MR) is 88.8 cm³/mol. The normalized spacial score (nSPS) is 27.9. The zero-order valence-corrected chi connectivity index (χ0v) is 13.0. The van der Waals surface area contributed by atoms with Crippen molar-refractivity contribution in [2.24, 2.45) is 5.92 Å². The highest BCUT2D eigenvalue weighted by Gasteiger charge is 2.46. The Labute approximate surface area is 131 Å². The first-order valence-electron chi connectivity index (χ1n) is 8.24. The van der Waals surface area contributed by atoms with Gasteiger partial charge in [-0.25, -0.2) is 0 Å². The summed E-state index contributed by atoms with van der Waals surface area (Å²) >= 11 is 0. The van der Waals surface area contributed by atoms with E-state index in [-0.39, 0.29) is 5.92 Å². The van der Waals surface area contributed by atoms with Gasteiger partial charge < -0.3 is 10.2 Å². The molecule has 1 aliphatic carbocycles. The second-order valence-corrected chi connectivity index (χ2v) is 6.66. The number of piperazine rings is 1. The fourth-order valence-corrected chi connectivity index (χ4v) is 3.75. The fraction of sp³-hybridized carbons (Fsp3) is 0.421. The molecule has 3 nitrogen and oxygen atoms in total. The molecule has 1 saturated carbocycles. The van der Waals surface area contributed by atoms with Crippen molar-refractivity contribution in [2.75, 3.05) is 19.6 Å². The highest BCUT2D eigenvalue weighted by Crippen LogP contribution is 2.50. The average Bonchev–Trinajstić information content (AvgIpc) is 3.34. The van der Waals surface area contributed by atoms with Gasteiger partial charge in [0.25, 0.3) is 0 Å². The van der Waals surface area contributed by atoms with Gasteiger partial charge in [-0.2, -0.15) is 0 Å². The summed E-state index contributed by atoms with van der Waals surface area (Å²) in [5.41, 5.74) is 1.35. The highest BCUT2D eigenvalue weighted by molar-refractivity contribution is 5.89. The first kappa shape index (κ1) is 13.8. The zero-order valence-electron chi connectivity index (χ0n) is 13.0.